The maximum atomic E-state index is 12.5. The fourth-order valence-corrected chi connectivity index (χ4v) is 3.25. The predicted octanol–water partition coefficient (Wildman–Crippen LogP) is 3.49. The van der Waals surface area contributed by atoms with Crippen molar-refractivity contribution in [2.75, 3.05) is 10.6 Å². The molecule has 1 aromatic heterocycles. The van der Waals surface area contributed by atoms with Crippen LogP contribution in [0, 0.1) is 20.8 Å². The molecule has 160 valence electrons. The molecule has 1 heterocycles. The van der Waals surface area contributed by atoms with Crippen LogP contribution in [0.3, 0.4) is 0 Å². The number of hydrogen-bond acceptors (Lipinski definition) is 4. The molecule has 31 heavy (non-hydrogen) atoms. The number of Topliss-reactive ketones (excluding diaryl/α,β-unsaturated/α-hetero) is 1. The largest absolute Gasteiger partial charge is 0.345 e. The number of nitrogens with one attached hydrogen (secondary N) is 3. The van der Waals surface area contributed by atoms with Gasteiger partial charge in [-0.15, -0.1) is 0 Å². The first kappa shape index (κ1) is 21.8. The summed E-state index contributed by atoms with van der Waals surface area (Å²) in [6, 6.07) is 14.2. The molecule has 0 radical (unpaired) electrons. The zero-order valence-electron chi connectivity index (χ0n) is 17.9. The zero-order chi connectivity index (χ0) is 22.5. The van der Waals surface area contributed by atoms with Gasteiger partial charge in [0.1, 0.15) is 0 Å². The molecule has 0 fully saturated rings. The summed E-state index contributed by atoms with van der Waals surface area (Å²) in [5.41, 5.74) is 4.54. The lowest BCUT2D eigenvalue weighted by Gasteiger charge is -2.10. The van der Waals surface area contributed by atoms with Crippen LogP contribution in [0.5, 0.6) is 0 Å². The molecular formula is C23H25N5O3. The second kappa shape index (κ2) is 9.25. The quantitative estimate of drug-likeness (QED) is 0.420. The minimum Gasteiger partial charge on any atom is -0.345 e. The van der Waals surface area contributed by atoms with E-state index >= 15 is 0 Å². The van der Waals surface area contributed by atoms with Crippen LogP contribution in [0.4, 0.5) is 16.2 Å². The number of anilines is 2. The van der Waals surface area contributed by atoms with Gasteiger partial charge in [0, 0.05) is 30.7 Å². The molecule has 8 heteroatoms. The SMILES string of the molecule is Cc1cccc(NC(=O)Nc2cccc(CNC(=O)C(=O)c3c(C)nn(C)c3C)c2)c1. The lowest BCUT2D eigenvalue weighted by molar-refractivity contribution is -0.117. The number of ketones is 1. The van der Waals surface area contributed by atoms with E-state index in [0.717, 1.165) is 11.1 Å². The van der Waals surface area contributed by atoms with Crippen LogP contribution < -0.4 is 16.0 Å². The highest BCUT2D eigenvalue weighted by molar-refractivity contribution is 6.43. The molecule has 0 aliphatic rings. The third-order valence-corrected chi connectivity index (χ3v) is 4.86. The average molecular weight is 419 g/mol. The highest BCUT2D eigenvalue weighted by Crippen LogP contribution is 2.15. The Morgan fingerprint density at radius 1 is 0.935 bits per heavy atom. The van der Waals surface area contributed by atoms with Gasteiger partial charge < -0.3 is 16.0 Å². The summed E-state index contributed by atoms with van der Waals surface area (Å²) in [5.74, 6) is -1.32. The molecule has 0 atom stereocenters. The van der Waals surface area contributed by atoms with Crippen molar-refractivity contribution < 1.29 is 14.4 Å². The van der Waals surface area contributed by atoms with E-state index in [1.165, 1.54) is 0 Å². The van der Waals surface area contributed by atoms with Crippen LogP contribution in [0.15, 0.2) is 48.5 Å². The minimum atomic E-state index is -0.699. The summed E-state index contributed by atoms with van der Waals surface area (Å²) < 4.78 is 1.58. The molecule has 3 aromatic rings. The van der Waals surface area contributed by atoms with Crippen LogP contribution in [0.25, 0.3) is 0 Å². The van der Waals surface area contributed by atoms with Gasteiger partial charge in [-0.05, 0) is 56.2 Å². The number of carbonyl (C=O) groups excluding carboxylic acids is 3. The monoisotopic (exact) mass is 419 g/mol. The first-order chi connectivity index (χ1) is 14.7. The highest BCUT2D eigenvalue weighted by atomic mass is 16.2. The number of benzene rings is 2. The van der Waals surface area contributed by atoms with Crippen LogP contribution in [0.2, 0.25) is 0 Å². The van der Waals surface area contributed by atoms with E-state index in [1.54, 1.807) is 55.9 Å². The second-order valence-electron chi connectivity index (χ2n) is 7.33. The van der Waals surface area contributed by atoms with Crippen molar-refractivity contribution in [3.63, 3.8) is 0 Å². The van der Waals surface area contributed by atoms with Gasteiger partial charge in [0.25, 0.3) is 11.7 Å². The summed E-state index contributed by atoms with van der Waals surface area (Å²) in [6.07, 6.45) is 0. The van der Waals surface area contributed by atoms with E-state index in [4.69, 9.17) is 0 Å². The van der Waals surface area contributed by atoms with Crippen LogP contribution in [-0.4, -0.2) is 27.5 Å². The molecule has 0 saturated heterocycles. The lowest BCUT2D eigenvalue weighted by Crippen LogP contribution is -2.31. The molecule has 0 aliphatic heterocycles. The molecule has 0 saturated carbocycles. The molecular weight excluding hydrogens is 394 g/mol. The molecule has 0 bridgehead atoms. The zero-order valence-corrected chi connectivity index (χ0v) is 17.9. The van der Waals surface area contributed by atoms with Crippen molar-refractivity contribution in [3.8, 4) is 0 Å². The minimum absolute atomic E-state index is 0.151. The topological polar surface area (TPSA) is 105 Å². The van der Waals surface area contributed by atoms with Gasteiger partial charge in [-0.25, -0.2) is 4.79 Å². The molecule has 0 unspecified atom stereocenters. The lowest BCUT2D eigenvalue weighted by atomic mass is 10.1. The van der Waals surface area contributed by atoms with Gasteiger partial charge in [-0.3, -0.25) is 14.3 Å². The van der Waals surface area contributed by atoms with Gasteiger partial charge >= 0.3 is 6.03 Å². The first-order valence-electron chi connectivity index (χ1n) is 9.81. The van der Waals surface area contributed by atoms with Gasteiger partial charge in [-0.2, -0.15) is 5.10 Å². The maximum absolute atomic E-state index is 12.5. The molecule has 0 spiro atoms. The average Bonchev–Trinajstić information content (AvgIpc) is 2.97. The third-order valence-electron chi connectivity index (χ3n) is 4.86. The Bertz CT molecular complexity index is 1150. The molecule has 3 N–H and O–H groups in total. The molecule has 2 aromatic carbocycles. The van der Waals surface area contributed by atoms with Crippen LogP contribution >= 0.6 is 0 Å². The standard InChI is InChI=1S/C23H25N5O3/c1-14-7-5-9-18(11-14)25-23(31)26-19-10-6-8-17(12-19)13-24-22(30)21(29)20-15(2)27-28(4)16(20)3/h5-12H,13H2,1-4H3,(H,24,30)(H2,25,26,31). The number of amides is 3. The molecule has 3 amide bonds. The summed E-state index contributed by atoms with van der Waals surface area (Å²) >= 11 is 0. The van der Waals surface area contributed by atoms with Gasteiger partial charge in [0.2, 0.25) is 0 Å². The van der Waals surface area contributed by atoms with Gasteiger partial charge in [-0.1, -0.05) is 24.3 Å². The summed E-state index contributed by atoms with van der Waals surface area (Å²) in [7, 11) is 1.73. The Balaban J connectivity index is 1.59. The Morgan fingerprint density at radius 2 is 1.58 bits per heavy atom. The normalized spacial score (nSPS) is 10.5. The number of urea groups is 1. The van der Waals surface area contributed by atoms with E-state index in [9.17, 15) is 14.4 Å². The van der Waals surface area contributed by atoms with E-state index in [0.29, 0.717) is 28.3 Å². The number of nitrogens with zero attached hydrogens (tertiary/aromatic N) is 2. The van der Waals surface area contributed by atoms with Crippen molar-refractivity contribution in [1.82, 2.24) is 15.1 Å². The molecule has 8 nitrogen and oxygen atoms in total. The van der Waals surface area contributed by atoms with Crippen molar-refractivity contribution in [2.45, 2.75) is 27.3 Å². The summed E-state index contributed by atoms with van der Waals surface area (Å²) in [6.45, 7) is 5.54. The number of carbonyl (C=O) groups is 3. The third kappa shape index (κ3) is 5.36. The number of rotatable bonds is 6. The number of aryl methyl sites for hydroxylation is 3. The maximum Gasteiger partial charge on any atom is 0.323 e. The number of hydrogen-bond donors (Lipinski definition) is 3. The smallest absolute Gasteiger partial charge is 0.323 e. The fraction of sp³-hybridized carbons (Fsp3) is 0.217. The van der Waals surface area contributed by atoms with E-state index < -0.39 is 11.7 Å². The predicted molar refractivity (Wildman–Crippen MR) is 119 cm³/mol. The van der Waals surface area contributed by atoms with Gasteiger partial charge in [0.05, 0.1) is 11.3 Å². The van der Waals surface area contributed by atoms with Crippen molar-refractivity contribution >= 4 is 29.1 Å². The highest BCUT2D eigenvalue weighted by Gasteiger charge is 2.23. The van der Waals surface area contributed by atoms with E-state index in [-0.39, 0.29) is 12.6 Å². The van der Waals surface area contributed by atoms with Gasteiger partial charge in [0.15, 0.2) is 0 Å². The van der Waals surface area contributed by atoms with E-state index in [1.807, 2.05) is 25.1 Å². The second-order valence-corrected chi connectivity index (χ2v) is 7.33. The fourth-order valence-electron chi connectivity index (χ4n) is 3.25. The Labute approximate surface area is 180 Å². The first-order valence-corrected chi connectivity index (χ1v) is 9.81. The summed E-state index contributed by atoms with van der Waals surface area (Å²) in [4.78, 5) is 37.1. The van der Waals surface area contributed by atoms with E-state index in [2.05, 4.69) is 21.0 Å². The van der Waals surface area contributed by atoms with Crippen molar-refractivity contribution in [1.29, 1.82) is 0 Å². The Morgan fingerprint density at radius 3 is 2.19 bits per heavy atom. The Hall–Kier alpha value is -3.94. The molecule has 0 aliphatic carbocycles. The number of aromatic nitrogens is 2. The summed E-state index contributed by atoms with van der Waals surface area (Å²) in [5, 5.41) is 12.3. The van der Waals surface area contributed by atoms with Crippen LogP contribution in [-0.2, 0) is 18.4 Å². The van der Waals surface area contributed by atoms with Crippen molar-refractivity contribution in [3.05, 3.63) is 76.6 Å². The Kier molecular flexibility index (Phi) is 6.49. The molecule has 3 rings (SSSR count). The van der Waals surface area contributed by atoms with Crippen molar-refractivity contribution in [2.24, 2.45) is 7.05 Å². The van der Waals surface area contributed by atoms with Crippen LogP contribution in [0.1, 0.15) is 32.9 Å².